The third kappa shape index (κ3) is 3.84. The number of aryl methyl sites for hydroxylation is 1. The van der Waals surface area contributed by atoms with Crippen LogP contribution in [0.25, 0.3) is 11.0 Å². The first-order valence-corrected chi connectivity index (χ1v) is 8.45. The minimum Gasteiger partial charge on any atom is -0.381 e. The monoisotopic (exact) mass is 302 g/mol. The van der Waals surface area contributed by atoms with E-state index in [1.165, 1.54) is 25.9 Å². The van der Waals surface area contributed by atoms with Gasteiger partial charge in [0.1, 0.15) is 5.52 Å². The average molecular weight is 302 g/mol. The second kappa shape index (κ2) is 7.70. The van der Waals surface area contributed by atoms with Crippen LogP contribution in [0.5, 0.6) is 0 Å². The summed E-state index contributed by atoms with van der Waals surface area (Å²) in [6.45, 7) is 8.35. The lowest BCUT2D eigenvalue weighted by Crippen LogP contribution is -2.36. The van der Waals surface area contributed by atoms with Crippen LogP contribution in [-0.2, 0) is 11.3 Å². The van der Waals surface area contributed by atoms with Crippen molar-refractivity contribution in [3.05, 3.63) is 24.3 Å². The number of hydrogen-bond acceptors (Lipinski definition) is 4. The topological polar surface area (TPSA) is 43.2 Å². The van der Waals surface area contributed by atoms with Crippen LogP contribution in [0, 0.1) is 5.92 Å². The minimum atomic E-state index is 0.760. The summed E-state index contributed by atoms with van der Waals surface area (Å²) in [5.74, 6) is 0.760. The zero-order chi connectivity index (χ0) is 15.2. The van der Waals surface area contributed by atoms with Gasteiger partial charge in [-0.3, -0.25) is 0 Å². The second-order valence-electron chi connectivity index (χ2n) is 6.10. The lowest BCUT2D eigenvalue weighted by molar-refractivity contribution is 0.0736. The van der Waals surface area contributed by atoms with E-state index in [9.17, 15) is 0 Å². The standard InChI is InChI=1S/C17H26N4O/c1-2-22-14-15-8-12-20(13-9-15)10-5-11-21-17-7-4-3-6-16(17)18-19-21/h3-4,6-7,15H,2,5,8-14H2,1H3. The van der Waals surface area contributed by atoms with Crippen LogP contribution in [0.2, 0.25) is 0 Å². The third-order valence-electron chi connectivity index (χ3n) is 4.53. The van der Waals surface area contributed by atoms with Gasteiger partial charge in [0, 0.05) is 19.8 Å². The highest BCUT2D eigenvalue weighted by molar-refractivity contribution is 5.73. The molecule has 5 nitrogen and oxygen atoms in total. The quantitative estimate of drug-likeness (QED) is 0.788. The predicted octanol–water partition coefficient (Wildman–Crippen LogP) is 2.57. The molecule has 1 aliphatic heterocycles. The van der Waals surface area contributed by atoms with Gasteiger partial charge in [-0.15, -0.1) is 5.10 Å². The number of fused-ring (bicyclic) bond motifs is 1. The Hall–Kier alpha value is -1.46. The van der Waals surface area contributed by atoms with E-state index in [0.29, 0.717) is 0 Å². The summed E-state index contributed by atoms with van der Waals surface area (Å²) in [6.07, 6.45) is 3.67. The van der Waals surface area contributed by atoms with Crippen molar-refractivity contribution in [2.24, 2.45) is 5.92 Å². The molecule has 1 fully saturated rings. The Morgan fingerprint density at radius 3 is 2.82 bits per heavy atom. The van der Waals surface area contributed by atoms with Crippen molar-refractivity contribution < 1.29 is 4.74 Å². The number of benzene rings is 1. The predicted molar refractivity (Wildman–Crippen MR) is 87.8 cm³/mol. The van der Waals surface area contributed by atoms with Gasteiger partial charge in [0.05, 0.1) is 5.52 Å². The van der Waals surface area contributed by atoms with Gasteiger partial charge in [-0.1, -0.05) is 17.3 Å². The van der Waals surface area contributed by atoms with E-state index < -0.39 is 0 Å². The number of para-hydroxylation sites is 1. The summed E-state index contributed by atoms with van der Waals surface area (Å²) < 4.78 is 7.57. The summed E-state index contributed by atoms with van der Waals surface area (Å²) >= 11 is 0. The number of hydrogen-bond donors (Lipinski definition) is 0. The van der Waals surface area contributed by atoms with Gasteiger partial charge in [-0.2, -0.15) is 0 Å². The van der Waals surface area contributed by atoms with E-state index in [2.05, 4.69) is 28.2 Å². The number of piperidine rings is 1. The summed E-state index contributed by atoms with van der Waals surface area (Å²) in [5.41, 5.74) is 2.12. The Bertz CT molecular complexity index is 575. The third-order valence-corrected chi connectivity index (χ3v) is 4.53. The molecule has 0 unspecified atom stereocenters. The average Bonchev–Trinajstić information content (AvgIpc) is 2.98. The van der Waals surface area contributed by atoms with Gasteiger partial charge in [0.2, 0.25) is 0 Å². The van der Waals surface area contributed by atoms with Crippen molar-refractivity contribution in [2.45, 2.75) is 32.7 Å². The van der Waals surface area contributed by atoms with Crippen molar-refractivity contribution in [2.75, 3.05) is 32.8 Å². The number of likely N-dealkylation sites (tertiary alicyclic amines) is 1. The largest absolute Gasteiger partial charge is 0.381 e. The smallest absolute Gasteiger partial charge is 0.113 e. The zero-order valence-corrected chi connectivity index (χ0v) is 13.4. The SMILES string of the molecule is CCOCC1CCN(CCCn2nnc3ccccc32)CC1. The van der Waals surface area contributed by atoms with Gasteiger partial charge in [0.15, 0.2) is 0 Å². The van der Waals surface area contributed by atoms with Crippen LogP contribution in [0.3, 0.4) is 0 Å². The maximum Gasteiger partial charge on any atom is 0.113 e. The van der Waals surface area contributed by atoms with Crippen LogP contribution in [0.4, 0.5) is 0 Å². The second-order valence-corrected chi connectivity index (χ2v) is 6.10. The summed E-state index contributed by atoms with van der Waals surface area (Å²) in [7, 11) is 0. The number of nitrogens with zero attached hydrogens (tertiary/aromatic N) is 4. The Kier molecular flexibility index (Phi) is 5.40. The Labute approximate surface area is 132 Å². The molecule has 1 aromatic carbocycles. The first kappa shape index (κ1) is 15.4. The van der Waals surface area contributed by atoms with Crippen molar-refractivity contribution in [3.63, 3.8) is 0 Å². The molecule has 2 aromatic rings. The Balaban J connectivity index is 1.41. The fourth-order valence-electron chi connectivity index (χ4n) is 3.19. The normalized spacial score (nSPS) is 17.3. The van der Waals surface area contributed by atoms with Crippen molar-refractivity contribution in [1.29, 1.82) is 0 Å². The highest BCUT2D eigenvalue weighted by Crippen LogP contribution is 2.18. The van der Waals surface area contributed by atoms with Crippen LogP contribution >= 0.6 is 0 Å². The molecule has 1 aromatic heterocycles. The van der Waals surface area contributed by atoms with Crippen LogP contribution < -0.4 is 0 Å². The molecule has 0 atom stereocenters. The van der Waals surface area contributed by atoms with Gasteiger partial charge in [-0.25, -0.2) is 4.68 Å². The van der Waals surface area contributed by atoms with Crippen LogP contribution in [-0.4, -0.2) is 52.7 Å². The Morgan fingerprint density at radius 1 is 1.18 bits per heavy atom. The summed E-state index contributed by atoms with van der Waals surface area (Å²) in [6, 6.07) is 8.16. The molecule has 22 heavy (non-hydrogen) atoms. The van der Waals surface area contributed by atoms with E-state index in [4.69, 9.17) is 4.74 Å². The number of aromatic nitrogens is 3. The molecule has 0 saturated carbocycles. The van der Waals surface area contributed by atoms with Gasteiger partial charge in [0.25, 0.3) is 0 Å². The molecular formula is C17H26N4O. The first-order chi connectivity index (χ1) is 10.9. The van der Waals surface area contributed by atoms with E-state index in [-0.39, 0.29) is 0 Å². The molecule has 0 spiro atoms. The Morgan fingerprint density at radius 2 is 2.00 bits per heavy atom. The van der Waals surface area contributed by atoms with Crippen LogP contribution in [0.15, 0.2) is 24.3 Å². The molecule has 0 bridgehead atoms. The highest BCUT2D eigenvalue weighted by Gasteiger charge is 2.18. The molecule has 0 N–H and O–H groups in total. The maximum absolute atomic E-state index is 5.54. The fourth-order valence-corrected chi connectivity index (χ4v) is 3.19. The van der Waals surface area contributed by atoms with E-state index in [0.717, 1.165) is 49.7 Å². The molecule has 2 heterocycles. The van der Waals surface area contributed by atoms with Crippen molar-refractivity contribution in [3.8, 4) is 0 Å². The maximum atomic E-state index is 5.54. The van der Waals surface area contributed by atoms with Crippen molar-refractivity contribution in [1.82, 2.24) is 19.9 Å². The molecule has 5 heteroatoms. The molecule has 0 aliphatic carbocycles. The molecule has 120 valence electrons. The fraction of sp³-hybridized carbons (Fsp3) is 0.647. The van der Waals surface area contributed by atoms with Gasteiger partial charge < -0.3 is 9.64 Å². The molecule has 1 saturated heterocycles. The lowest BCUT2D eigenvalue weighted by atomic mass is 9.98. The minimum absolute atomic E-state index is 0.760. The first-order valence-electron chi connectivity index (χ1n) is 8.45. The number of rotatable bonds is 7. The van der Waals surface area contributed by atoms with E-state index >= 15 is 0 Å². The molecular weight excluding hydrogens is 276 g/mol. The summed E-state index contributed by atoms with van der Waals surface area (Å²) in [5, 5.41) is 8.46. The lowest BCUT2D eigenvalue weighted by Gasteiger charge is -2.31. The molecule has 1 aliphatic rings. The molecule has 0 radical (unpaired) electrons. The van der Waals surface area contributed by atoms with Gasteiger partial charge >= 0.3 is 0 Å². The van der Waals surface area contributed by atoms with E-state index in [1.54, 1.807) is 0 Å². The van der Waals surface area contributed by atoms with E-state index in [1.807, 2.05) is 22.9 Å². The summed E-state index contributed by atoms with van der Waals surface area (Å²) in [4.78, 5) is 2.57. The zero-order valence-electron chi connectivity index (χ0n) is 13.4. The van der Waals surface area contributed by atoms with Crippen molar-refractivity contribution >= 4 is 11.0 Å². The van der Waals surface area contributed by atoms with Crippen LogP contribution in [0.1, 0.15) is 26.2 Å². The molecule has 0 amide bonds. The highest BCUT2D eigenvalue weighted by atomic mass is 16.5. The molecule has 3 rings (SSSR count). The van der Waals surface area contributed by atoms with Gasteiger partial charge in [-0.05, 0) is 63.9 Å². The number of ether oxygens (including phenoxy) is 1.